The fourth-order valence-corrected chi connectivity index (χ4v) is 3.72. The third-order valence-electron chi connectivity index (χ3n) is 4.76. The molecule has 1 saturated carbocycles. The molecule has 104 valence electrons. The molecule has 0 aromatic heterocycles. The number of ketones is 1. The zero-order valence-corrected chi connectivity index (χ0v) is 13.1. The van der Waals surface area contributed by atoms with Crippen molar-refractivity contribution in [1.29, 1.82) is 0 Å². The highest BCUT2D eigenvalue weighted by molar-refractivity contribution is 9.10. The minimum Gasteiger partial charge on any atom is -0.507 e. The highest BCUT2D eigenvalue weighted by atomic mass is 79.9. The molecule has 0 radical (unpaired) electrons. The number of halogens is 1. The molecule has 1 N–H and O–H groups in total. The SMILES string of the molecule is CC1(C)[C@@H]2C[C@H]1C(/C=C/c1ccc(O)c(Br)c1)=CC2=O. The van der Waals surface area contributed by atoms with Crippen molar-refractivity contribution in [2.75, 3.05) is 0 Å². The van der Waals surface area contributed by atoms with Gasteiger partial charge in [-0.05, 0) is 63.0 Å². The Morgan fingerprint density at radius 2 is 2.05 bits per heavy atom. The molecule has 4 rings (SSSR count). The molecule has 1 aromatic rings. The van der Waals surface area contributed by atoms with E-state index in [4.69, 9.17) is 0 Å². The van der Waals surface area contributed by atoms with Crippen LogP contribution in [0.2, 0.25) is 0 Å². The molecule has 2 bridgehead atoms. The zero-order valence-electron chi connectivity index (χ0n) is 11.6. The number of benzene rings is 1. The summed E-state index contributed by atoms with van der Waals surface area (Å²) in [4.78, 5) is 12.0. The van der Waals surface area contributed by atoms with Crippen LogP contribution in [0.25, 0.3) is 6.08 Å². The van der Waals surface area contributed by atoms with E-state index < -0.39 is 0 Å². The van der Waals surface area contributed by atoms with Gasteiger partial charge in [-0.1, -0.05) is 32.1 Å². The highest BCUT2D eigenvalue weighted by Gasteiger charge is 2.54. The number of carbonyl (C=O) groups excluding carboxylic acids is 1. The van der Waals surface area contributed by atoms with Crippen molar-refractivity contribution in [2.45, 2.75) is 20.3 Å². The normalized spacial score (nSPS) is 27.4. The smallest absolute Gasteiger partial charge is 0.159 e. The second kappa shape index (κ2) is 4.59. The molecule has 0 saturated heterocycles. The van der Waals surface area contributed by atoms with Crippen LogP contribution in [-0.2, 0) is 4.79 Å². The number of allylic oxidation sites excluding steroid dienone is 3. The Morgan fingerprint density at radius 3 is 2.65 bits per heavy atom. The second-order valence-corrected chi connectivity index (χ2v) is 7.11. The van der Waals surface area contributed by atoms with E-state index >= 15 is 0 Å². The lowest BCUT2D eigenvalue weighted by molar-refractivity contribution is -0.133. The predicted molar refractivity (Wildman–Crippen MR) is 83.3 cm³/mol. The van der Waals surface area contributed by atoms with Gasteiger partial charge in [0.05, 0.1) is 4.47 Å². The van der Waals surface area contributed by atoms with Crippen LogP contribution in [0.15, 0.2) is 40.4 Å². The molecule has 1 aromatic carbocycles. The maximum Gasteiger partial charge on any atom is 0.159 e. The summed E-state index contributed by atoms with van der Waals surface area (Å²) in [5, 5.41) is 9.49. The fourth-order valence-electron chi connectivity index (χ4n) is 3.32. The van der Waals surface area contributed by atoms with Gasteiger partial charge in [-0.25, -0.2) is 0 Å². The van der Waals surface area contributed by atoms with Crippen molar-refractivity contribution in [1.82, 2.24) is 0 Å². The molecule has 3 heteroatoms. The Bertz CT molecular complexity index is 640. The number of hydrogen-bond donors (Lipinski definition) is 1. The molecule has 0 aliphatic heterocycles. The third-order valence-corrected chi connectivity index (χ3v) is 5.40. The van der Waals surface area contributed by atoms with Gasteiger partial charge in [-0.3, -0.25) is 4.79 Å². The first kappa shape index (κ1) is 13.6. The van der Waals surface area contributed by atoms with Crippen LogP contribution in [0.5, 0.6) is 5.75 Å². The Hall–Kier alpha value is -1.35. The third kappa shape index (κ3) is 2.05. The van der Waals surface area contributed by atoms with Crippen molar-refractivity contribution in [2.24, 2.45) is 17.3 Å². The first-order valence-corrected chi connectivity index (χ1v) is 7.61. The monoisotopic (exact) mass is 332 g/mol. The van der Waals surface area contributed by atoms with Crippen molar-refractivity contribution in [3.05, 3.63) is 46.0 Å². The van der Waals surface area contributed by atoms with Crippen LogP contribution in [0.3, 0.4) is 0 Å². The molecular formula is C17H17BrO2. The van der Waals surface area contributed by atoms with Gasteiger partial charge in [-0.15, -0.1) is 0 Å². The van der Waals surface area contributed by atoms with Crippen LogP contribution < -0.4 is 0 Å². The number of fused-ring (bicyclic) bond motifs is 1. The van der Waals surface area contributed by atoms with Crippen molar-refractivity contribution in [3.8, 4) is 5.75 Å². The molecule has 0 amide bonds. The first-order valence-electron chi connectivity index (χ1n) is 6.81. The van der Waals surface area contributed by atoms with Gasteiger partial charge in [0.2, 0.25) is 0 Å². The second-order valence-electron chi connectivity index (χ2n) is 6.25. The molecule has 2 atom stereocenters. The van der Waals surface area contributed by atoms with E-state index in [9.17, 15) is 9.90 Å². The average Bonchev–Trinajstić information content (AvgIpc) is 2.39. The van der Waals surface area contributed by atoms with Gasteiger partial charge in [0, 0.05) is 5.92 Å². The van der Waals surface area contributed by atoms with Gasteiger partial charge >= 0.3 is 0 Å². The number of rotatable bonds is 2. The van der Waals surface area contributed by atoms with Gasteiger partial charge < -0.3 is 5.11 Å². The number of carbonyl (C=O) groups is 1. The van der Waals surface area contributed by atoms with E-state index in [0.717, 1.165) is 17.6 Å². The lowest BCUT2D eigenvalue weighted by atomic mass is 9.48. The van der Waals surface area contributed by atoms with Gasteiger partial charge in [0.25, 0.3) is 0 Å². The minimum absolute atomic E-state index is 0.0983. The summed E-state index contributed by atoms with van der Waals surface area (Å²) >= 11 is 3.31. The van der Waals surface area contributed by atoms with E-state index in [0.29, 0.717) is 10.4 Å². The Balaban J connectivity index is 1.86. The Kier molecular flexibility index (Phi) is 3.13. The summed E-state index contributed by atoms with van der Waals surface area (Å²) in [5.74, 6) is 1.20. The maximum absolute atomic E-state index is 12.0. The van der Waals surface area contributed by atoms with Gasteiger partial charge in [-0.2, -0.15) is 0 Å². The van der Waals surface area contributed by atoms with Gasteiger partial charge in [0.15, 0.2) is 5.78 Å². The Labute approximate surface area is 127 Å². The standard InChI is InChI=1S/C17H17BrO2/c1-17(2)12-9-13(17)16(20)8-11(12)5-3-10-4-6-15(19)14(18)7-10/h3-8,12-13,19H,9H2,1-2H3/b5-3+/t12-,13+/m0/s1. The largest absolute Gasteiger partial charge is 0.507 e. The molecule has 1 fully saturated rings. The van der Waals surface area contributed by atoms with Gasteiger partial charge in [0.1, 0.15) is 5.75 Å². The molecular weight excluding hydrogens is 316 g/mol. The summed E-state index contributed by atoms with van der Waals surface area (Å²) in [7, 11) is 0. The molecule has 3 aliphatic rings. The zero-order chi connectivity index (χ0) is 14.5. The van der Waals surface area contributed by atoms with Crippen molar-refractivity contribution < 1.29 is 9.90 Å². The maximum atomic E-state index is 12.0. The average molecular weight is 333 g/mol. The molecule has 0 heterocycles. The van der Waals surface area contributed by atoms with E-state index in [1.54, 1.807) is 12.1 Å². The van der Waals surface area contributed by atoms with Crippen LogP contribution in [0.1, 0.15) is 25.8 Å². The molecule has 0 spiro atoms. The topological polar surface area (TPSA) is 37.3 Å². The van der Waals surface area contributed by atoms with Crippen molar-refractivity contribution in [3.63, 3.8) is 0 Å². The summed E-state index contributed by atoms with van der Waals surface area (Å²) in [5.41, 5.74) is 2.23. The van der Waals surface area contributed by atoms with E-state index in [2.05, 4.69) is 29.8 Å². The van der Waals surface area contributed by atoms with E-state index in [-0.39, 0.29) is 22.9 Å². The fraction of sp³-hybridized carbons (Fsp3) is 0.353. The number of phenols is 1. The van der Waals surface area contributed by atoms with Crippen LogP contribution in [0, 0.1) is 17.3 Å². The summed E-state index contributed by atoms with van der Waals surface area (Å²) < 4.78 is 0.678. The first-order chi connectivity index (χ1) is 9.39. The summed E-state index contributed by atoms with van der Waals surface area (Å²) in [6.07, 6.45) is 6.83. The van der Waals surface area contributed by atoms with E-state index in [1.165, 1.54) is 0 Å². The highest BCUT2D eigenvalue weighted by Crippen LogP contribution is 2.58. The number of hydrogen-bond acceptors (Lipinski definition) is 2. The summed E-state index contributed by atoms with van der Waals surface area (Å²) in [6, 6.07) is 5.38. The predicted octanol–water partition coefficient (Wildman–Crippen LogP) is 4.34. The van der Waals surface area contributed by atoms with Crippen molar-refractivity contribution >= 4 is 27.8 Å². The molecule has 2 nitrogen and oxygen atoms in total. The molecule has 3 aliphatic carbocycles. The van der Waals surface area contributed by atoms with E-state index in [1.807, 2.05) is 24.3 Å². The van der Waals surface area contributed by atoms with Crippen LogP contribution >= 0.6 is 15.9 Å². The quantitative estimate of drug-likeness (QED) is 0.874. The van der Waals surface area contributed by atoms with Crippen LogP contribution in [-0.4, -0.2) is 10.9 Å². The summed E-state index contributed by atoms with van der Waals surface area (Å²) in [6.45, 7) is 4.36. The lowest BCUT2D eigenvalue weighted by Crippen LogP contribution is -2.52. The molecule has 0 unspecified atom stereocenters. The Morgan fingerprint density at radius 1 is 1.30 bits per heavy atom. The van der Waals surface area contributed by atoms with Crippen LogP contribution in [0.4, 0.5) is 0 Å². The lowest BCUT2D eigenvalue weighted by Gasteiger charge is -2.54. The molecule has 20 heavy (non-hydrogen) atoms. The number of aromatic hydroxyl groups is 1. The number of phenolic OH excluding ortho intramolecular Hbond substituents is 1. The minimum atomic E-state index is 0.0983.